The molecule has 1 aliphatic rings. The molecule has 116 valence electrons. The Morgan fingerprint density at radius 1 is 1.64 bits per heavy atom. The number of β-amino-alcohol motifs (C(OH)–C–C–N with tert-alkyl or cyclic N) is 1. The highest BCUT2D eigenvalue weighted by atomic mass is 32.1. The number of carbonyl (C=O) groups is 1. The van der Waals surface area contributed by atoms with Crippen LogP contribution in [-0.2, 0) is 4.74 Å². The number of likely N-dealkylation sites (tertiary alicyclic amines) is 1. The smallest absolute Gasteiger partial charge is 0.410 e. The highest BCUT2D eigenvalue weighted by Gasteiger charge is 2.33. The van der Waals surface area contributed by atoms with Crippen LogP contribution in [0.15, 0.2) is 36.6 Å². The monoisotopic (exact) mass is 319 g/mol. The van der Waals surface area contributed by atoms with E-state index in [1.54, 1.807) is 28.8 Å². The summed E-state index contributed by atoms with van der Waals surface area (Å²) in [7, 11) is 0. The van der Waals surface area contributed by atoms with Gasteiger partial charge in [-0.2, -0.15) is 0 Å². The van der Waals surface area contributed by atoms with Gasteiger partial charge in [0.1, 0.15) is 17.8 Å². The van der Waals surface area contributed by atoms with Crippen LogP contribution >= 0.6 is 11.3 Å². The van der Waals surface area contributed by atoms with Crippen molar-refractivity contribution in [2.24, 2.45) is 0 Å². The van der Waals surface area contributed by atoms with E-state index < -0.39 is 12.2 Å². The quantitative estimate of drug-likeness (QED) is 0.877. The molecule has 0 radical (unpaired) electrons. The lowest BCUT2D eigenvalue weighted by Gasteiger charge is -2.20. The molecule has 3 heterocycles. The Bertz CT molecular complexity index is 706. The Balaban J connectivity index is 1.74. The fraction of sp³-hybridized carbons (Fsp3) is 0.333. The fourth-order valence-electron chi connectivity index (χ4n) is 2.52. The molecule has 1 N–H and O–H groups in total. The molecule has 6 nitrogen and oxygen atoms in total. The van der Waals surface area contributed by atoms with Gasteiger partial charge in [-0.3, -0.25) is 9.30 Å². The number of ether oxygens (including phenoxy) is 1. The number of aliphatic hydroxyl groups excluding tert-OH is 1. The molecule has 0 spiro atoms. The van der Waals surface area contributed by atoms with Crippen molar-refractivity contribution in [1.82, 2.24) is 14.3 Å². The van der Waals surface area contributed by atoms with Gasteiger partial charge in [-0.25, -0.2) is 9.78 Å². The molecular formula is C15H17N3O3S. The van der Waals surface area contributed by atoms with Gasteiger partial charge < -0.3 is 9.84 Å². The summed E-state index contributed by atoms with van der Waals surface area (Å²) in [5.41, 5.74) is 0.998. The van der Waals surface area contributed by atoms with Crippen LogP contribution in [0.1, 0.15) is 12.1 Å². The van der Waals surface area contributed by atoms with Crippen molar-refractivity contribution in [3.05, 3.63) is 42.3 Å². The predicted octanol–water partition coefficient (Wildman–Crippen LogP) is 2.17. The molecule has 7 heteroatoms. The van der Waals surface area contributed by atoms with Crippen molar-refractivity contribution in [2.45, 2.75) is 18.6 Å². The lowest BCUT2D eigenvalue weighted by atomic mass is 10.2. The van der Waals surface area contributed by atoms with Gasteiger partial charge in [0.25, 0.3) is 0 Å². The average Bonchev–Trinajstić information content (AvgIpc) is 3.18. The number of hydrogen-bond acceptors (Lipinski definition) is 5. The maximum atomic E-state index is 12.0. The summed E-state index contributed by atoms with van der Waals surface area (Å²) in [4.78, 5) is 18.7. The zero-order chi connectivity index (χ0) is 15.5. The summed E-state index contributed by atoms with van der Waals surface area (Å²) in [5, 5.41) is 11.9. The van der Waals surface area contributed by atoms with Crippen LogP contribution in [0.25, 0.3) is 10.9 Å². The predicted molar refractivity (Wildman–Crippen MR) is 84.8 cm³/mol. The maximum absolute atomic E-state index is 12.0. The second-order valence-corrected chi connectivity index (χ2v) is 5.99. The van der Waals surface area contributed by atoms with E-state index in [0.29, 0.717) is 6.42 Å². The minimum Gasteiger partial charge on any atom is -0.445 e. The van der Waals surface area contributed by atoms with E-state index in [4.69, 9.17) is 4.74 Å². The van der Waals surface area contributed by atoms with E-state index in [9.17, 15) is 9.90 Å². The van der Waals surface area contributed by atoms with Crippen LogP contribution in [0.5, 0.6) is 0 Å². The zero-order valence-corrected chi connectivity index (χ0v) is 12.8. The van der Waals surface area contributed by atoms with Crippen molar-refractivity contribution in [2.75, 3.05) is 13.2 Å². The summed E-state index contributed by atoms with van der Waals surface area (Å²) >= 11 is 1.61. The highest BCUT2D eigenvalue weighted by molar-refractivity contribution is 7.15. The SMILES string of the molecule is C=CCOC(=O)N1C[C@H](O)C[C@H]1/C=C/c1csc2cncn12. The number of imidazole rings is 1. The first kappa shape index (κ1) is 14.8. The van der Waals surface area contributed by atoms with Crippen LogP contribution in [0.3, 0.4) is 0 Å². The number of carbonyl (C=O) groups excluding carboxylic acids is 1. The highest BCUT2D eigenvalue weighted by Crippen LogP contribution is 2.22. The van der Waals surface area contributed by atoms with E-state index in [1.807, 2.05) is 21.9 Å². The maximum Gasteiger partial charge on any atom is 0.410 e. The van der Waals surface area contributed by atoms with E-state index in [-0.39, 0.29) is 19.2 Å². The normalized spacial score (nSPS) is 21.8. The summed E-state index contributed by atoms with van der Waals surface area (Å²) in [5.74, 6) is 0. The molecule has 3 rings (SSSR count). The van der Waals surface area contributed by atoms with Crippen molar-refractivity contribution < 1.29 is 14.6 Å². The van der Waals surface area contributed by atoms with Gasteiger partial charge in [0.05, 0.1) is 30.6 Å². The Hall–Kier alpha value is -2.12. The third-order valence-electron chi connectivity index (χ3n) is 3.55. The number of rotatable bonds is 4. The van der Waals surface area contributed by atoms with E-state index in [1.165, 1.54) is 6.08 Å². The number of fused-ring (bicyclic) bond motifs is 1. The van der Waals surface area contributed by atoms with Gasteiger partial charge >= 0.3 is 6.09 Å². The number of aromatic nitrogens is 2. The van der Waals surface area contributed by atoms with E-state index in [0.717, 1.165) is 10.5 Å². The van der Waals surface area contributed by atoms with Crippen molar-refractivity contribution >= 4 is 28.3 Å². The molecule has 2 atom stereocenters. The Labute approximate surface area is 132 Å². The second kappa shape index (κ2) is 6.33. The molecule has 22 heavy (non-hydrogen) atoms. The number of aliphatic hydroxyl groups is 1. The number of amides is 1. The second-order valence-electron chi connectivity index (χ2n) is 5.10. The molecule has 0 unspecified atom stereocenters. The first-order valence-corrected chi connectivity index (χ1v) is 7.87. The third kappa shape index (κ3) is 2.90. The van der Waals surface area contributed by atoms with E-state index >= 15 is 0 Å². The third-order valence-corrected chi connectivity index (χ3v) is 4.46. The summed E-state index contributed by atoms with van der Waals surface area (Å²) in [6.07, 6.45) is 8.51. The summed E-state index contributed by atoms with van der Waals surface area (Å²) in [6.45, 7) is 3.98. The van der Waals surface area contributed by atoms with Crippen LogP contribution in [-0.4, -0.2) is 50.8 Å². The molecular weight excluding hydrogens is 302 g/mol. The molecule has 1 fully saturated rings. The topological polar surface area (TPSA) is 67.1 Å². The first-order valence-electron chi connectivity index (χ1n) is 6.99. The van der Waals surface area contributed by atoms with Crippen molar-refractivity contribution in [3.8, 4) is 0 Å². The lowest BCUT2D eigenvalue weighted by Crippen LogP contribution is -2.35. The Kier molecular flexibility index (Phi) is 4.26. The zero-order valence-electron chi connectivity index (χ0n) is 12.0. The molecule has 1 aliphatic heterocycles. The molecule has 2 aromatic heterocycles. The van der Waals surface area contributed by atoms with Gasteiger partial charge in [-0.1, -0.05) is 18.7 Å². The average molecular weight is 319 g/mol. The summed E-state index contributed by atoms with van der Waals surface area (Å²) < 4.78 is 7.04. The lowest BCUT2D eigenvalue weighted by molar-refractivity contribution is 0.107. The summed E-state index contributed by atoms with van der Waals surface area (Å²) in [6, 6.07) is -0.175. The molecule has 0 aliphatic carbocycles. The van der Waals surface area contributed by atoms with Crippen LogP contribution in [0.4, 0.5) is 4.79 Å². The number of thiazole rings is 1. The van der Waals surface area contributed by atoms with Gasteiger partial charge in [0.15, 0.2) is 0 Å². The standard InChI is InChI=1S/C15H17N3O3S/c1-2-5-21-15(20)17-8-13(19)6-11(17)3-4-12-9-22-14-7-16-10-18(12)14/h2-4,7,9-11,13,19H,1,5-6,8H2/b4-3+/t11-,13-/m1/s1. The molecule has 1 amide bonds. The minimum absolute atomic E-state index is 0.169. The van der Waals surface area contributed by atoms with Crippen molar-refractivity contribution in [3.63, 3.8) is 0 Å². The van der Waals surface area contributed by atoms with E-state index in [2.05, 4.69) is 11.6 Å². The molecule has 1 saturated heterocycles. The number of nitrogens with zero attached hydrogens (tertiary/aromatic N) is 3. The molecule has 0 saturated carbocycles. The largest absolute Gasteiger partial charge is 0.445 e. The van der Waals surface area contributed by atoms with Crippen molar-refractivity contribution in [1.29, 1.82) is 0 Å². The van der Waals surface area contributed by atoms with Crippen LogP contribution in [0, 0.1) is 0 Å². The first-order chi connectivity index (χ1) is 10.7. The number of hydrogen-bond donors (Lipinski definition) is 1. The Morgan fingerprint density at radius 2 is 2.50 bits per heavy atom. The molecule has 0 aromatic carbocycles. The molecule has 0 bridgehead atoms. The van der Waals surface area contributed by atoms with Gasteiger partial charge in [-0.05, 0) is 12.5 Å². The van der Waals surface area contributed by atoms with Crippen LogP contribution < -0.4 is 0 Å². The fourth-order valence-corrected chi connectivity index (χ4v) is 3.34. The van der Waals surface area contributed by atoms with Crippen LogP contribution in [0.2, 0.25) is 0 Å². The van der Waals surface area contributed by atoms with Gasteiger partial charge in [-0.15, -0.1) is 11.3 Å². The van der Waals surface area contributed by atoms with Gasteiger partial charge in [0.2, 0.25) is 0 Å². The Morgan fingerprint density at radius 3 is 3.32 bits per heavy atom. The van der Waals surface area contributed by atoms with Gasteiger partial charge in [0, 0.05) is 5.38 Å². The minimum atomic E-state index is -0.526. The molecule has 2 aromatic rings.